The summed E-state index contributed by atoms with van der Waals surface area (Å²) in [7, 11) is -3.60. The second kappa shape index (κ2) is 12.8. The lowest BCUT2D eigenvalue weighted by Crippen LogP contribution is -2.44. The molecule has 3 aliphatic rings. The van der Waals surface area contributed by atoms with E-state index >= 15 is 8.90 Å². The molecule has 5 aromatic rings. The van der Waals surface area contributed by atoms with Gasteiger partial charge in [0, 0.05) is 46.9 Å². The Kier molecular flexibility index (Phi) is 8.36. The molecule has 4 atom stereocenters. The zero-order chi connectivity index (χ0) is 36.4. The third kappa shape index (κ3) is 5.27. The van der Waals surface area contributed by atoms with E-state index in [1.165, 1.54) is 0 Å². The molecule has 0 bridgehead atoms. The number of aliphatic hydroxyl groups is 1. The number of carbonyl (C=O) groups is 3. The number of ether oxygens (including phenoxy) is 1. The quantitative estimate of drug-likeness (QED) is 0.124. The van der Waals surface area contributed by atoms with Gasteiger partial charge in [0.1, 0.15) is 0 Å². The molecular weight excluding hydrogens is 674 g/mol. The molecule has 0 radical (unpaired) electrons. The summed E-state index contributed by atoms with van der Waals surface area (Å²) in [4.78, 5) is 48.0. The number of benzene rings is 5. The third-order valence-corrected chi connectivity index (χ3v) is 13.5. The minimum absolute atomic E-state index is 0.105. The highest BCUT2D eigenvalue weighted by molar-refractivity contribution is 6.72. The number of halogens is 1. The van der Waals surface area contributed by atoms with Crippen molar-refractivity contribution in [1.29, 1.82) is 0 Å². The number of rotatable bonds is 9. The monoisotopic (exact) mass is 713 g/mol. The van der Waals surface area contributed by atoms with Crippen LogP contribution in [0.15, 0.2) is 115 Å². The topological polar surface area (TPSA) is 90.4 Å². The fraction of sp³-hybridized carbons (Fsp3) is 0.262. The summed E-state index contributed by atoms with van der Waals surface area (Å²) in [5, 5.41) is 11.7. The van der Waals surface area contributed by atoms with Gasteiger partial charge in [-0.05, 0) is 66.5 Å². The molecule has 1 spiro atoms. The summed E-state index contributed by atoms with van der Waals surface area (Å²) < 4.78 is 23.6. The van der Waals surface area contributed by atoms with E-state index in [1.54, 1.807) is 27.8 Å². The number of para-hydroxylation sites is 1. The summed E-state index contributed by atoms with van der Waals surface area (Å²) in [5.41, 5.74) is 2.23. The van der Waals surface area contributed by atoms with Crippen LogP contribution in [0, 0.1) is 5.92 Å². The Labute approximate surface area is 303 Å². The van der Waals surface area contributed by atoms with Crippen molar-refractivity contribution in [2.45, 2.75) is 50.2 Å². The SMILES string of the molecule is C[C@H]1[C@H]([Si](C)(C)F)[C@@H](CC(=O)N(CCO)Cc2ccccc2)O[C@]12C(=O)N(c1ccccc1)c1ccc(N3C(=O)c4cccc5cccc3c45)cc12. The van der Waals surface area contributed by atoms with Crippen molar-refractivity contribution in [2.24, 2.45) is 5.92 Å². The Morgan fingerprint density at radius 1 is 0.865 bits per heavy atom. The van der Waals surface area contributed by atoms with E-state index in [1.807, 2.05) is 122 Å². The first-order chi connectivity index (χ1) is 25.0. The summed E-state index contributed by atoms with van der Waals surface area (Å²) in [6.07, 6.45) is -1.06. The summed E-state index contributed by atoms with van der Waals surface area (Å²) in [6, 6.07) is 35.8. The van der Waals surface area contributed by atoms with Crippen molar-refractivity contribution in [3.8, 4) is 0 Å². The predicted molar refractivity (Wildman–Crippen MR) is 202 cm³/mol. The van der Waals surface area contributed by atoms with Gasteiger partial charge < -0.3 is 18.9 Å². The van der Waals surface area contributed by atoms with E-state index in [0.717, 1.165) is 22.0 Å². The highest BCUT2D eigenvalue weighted by Crippen LogP contribution is 2.62. The highest BCUT2D eigenvalue weighted by Gasteiger charge is 2.67. The van der Waals surface area contributed by atoms with Gasteiger partial charge in [0.25, 0.3) is 11.8 Å². The van der Waals surface area contributed by atoms with Gasteiger partial charge in [-0.25, -0.2) is 0 Å². The zero-order valence-electron chi connectivity index (χ0n) is 29.3. The number of amides is 3. The van der Waals surface area contributed by atoms with Crippen LogP contribution in [-0.4, -0.2) is 55.4 Å². The lowest BCUT2D eigenvalue weighted by molar-refractivity contribution is -0.149. The van der Waals surface area contributed by atoms with Crippen molar-refractivity contribution in [1.82, 2.24) is 4.90 Å². The molecule has 1 fully saturated rings. The molecule has 3 amide bonds. The molecule has 5 aromatic carbocycles. The van der Waals surface area contributed by atoms with E-state index in [2.05, 4.69) is 0 Å². The van der Waals surface area contributed by atoms with E-state index in [9.17, 15) is 14.7 Å². The molecule has 264 valence electrons. The van der Waals surface area contributed by atoms with Crippen molar-refractivity contribution < 1.29 is 28.3 Å². The average Bonchev–Trinajstić information content (AvgIpc) is 3.70. The molecule has 8 nitrogen and oxygen atoms in total. The minimum atomic E-state index is -3.60. The molecule has 3 heterocycles. The second-order valence-corrected chi connectivity index (χ2v) is 18.3. The van der Waals surface area contributed by atoms with E-state index in [4.69, 9.17) is 4.74 Å². The molecule has 52 heavy (non-hydrogen) atoms. The van der Waals surface area contributed by atoms with E-state index in [-0.39, 0.29) is 43.8 Å². The van der Waals surface area contributed by atoms with E-state index in [0.29, 0.717) is 28.2 Å². The maximum absolute atomic E-state index is 16.7. The molecule has 1 N–H and O–H groups in total. The second-order valence-electron chi connectivity index (χ2n) is 14.5. The van der Waals surface area contributed by atoms with Crippen LogP contribution in [0.3, 0.4) is 0 Å². The van der Waals surface area contributed by atoms with Gasteiger partial charge in [-0.15, -0.1) is 0 Å². The molecule has 0 aromatic heterocycles. The summed E-state index contributed by atoms with van der Waals surface area (Å²) >= 11 is 0. The van der Waals surface area contributed by atoms with Crippen LogP contribution in [0.5, 0.6) is 0 Å². The van der Waals surface area contributed by atoms with Gasteiger partial charge in [0.15, 0.2) is 5.60 Å². The molecule has 3 aliphatic heterocycles. The fourth-order valence-electron chi connectivity index (χ4n) is 8.82. The maximum atomic E-state index is 16.7. The third-order valence-electron chi connectivity index (χ3n) is 11.0. The smallest absolute Gasteiger partial charge is 0.268 e. The molecule has 0 saturated carbocycles. The predicted octanol–water partition coefficient (Wildman–Crippen LogP) is 8.00. The van der Waals surface area contributed by atoms with Crippen LogP contribution >= 0.6 is 0 Å². The Morgan fingerprint density at radius 2 is 1.56 bits per heavy atom. The molecule has 0 unspecified atom stereocenters. The molecule has 8 rings (SSSR count). The Bertz CT molecular complexity index is 2210. The average molecular weight is 714 g/mol. The van der Waals surface area contributed by atoms with Crippen LogP contribution in [0.4, 0.5) is 26.9 Å². The molecular formula is C42H40FN3O5Si. The highest BCUT2D eigenvalue weighted by atomic mass is 28.4. The van der Waals surface area contributed by atoms with Gasteiger partial charge in [0.05, 0.1) is 36.1 Å². The maximum Gasteiger partial charge on any atom is 0.268 e. The number of hydrogen-bond acceptors (Lipinski definition) is 5. The van der Waals surface area contributed by atoms with Gasteiger partial charge >= 0.3 is 0 Å². The Balaban J connectivity index is 1.24. The standard InChI is InChI=1S/C42H40FN3O5Si/c1-27-39(52(2,3)43)36(25-37(48)44(22-23-47)26-28-12-6-4-7-13-28)51-42(27)33-24-31(20-21-34(33)46(41(42)50)30-16-8-5-9-17-30)45-35-19-11-15-29-14-10-18-32(38(29)35)40(45)49/h4-21,24,27,36,39,47H,22-23,25-26H2,1-3H3/t27-,36+,39-,42+/m0/s1. The number of nitrogens with zero attached hydrogens (tertiary/aromatic N) is 3. The largest absolute Gasteiger partial charge is 0.395 e. The van der Waals surface area contributed by atoms with Gasteiger partial charge in [0.2, 0.25) is 14.3 Å². The van der Waals surface area contributed by atoms with Crippen molar-refractivity contribution in [3.05, 3.63) is 132 Å². The summed E-state index contributed by atoms with van der Waals surface area (Å²) in [5.74, 6) is -1.47. The van der Waals surface area contributed by atoms with Crippen LogP contribution < -0.4 is 9.80 Å². The number of anilines is 4. The molecule has 10 heteroatoms. The Hall–Kier alpha value is -5.16. The van der Waals surface area contributed by atoms with E-state index < -0.39 is 31.6 Å². The number of fused-ring (bicyclic) bond motifs is 2. The van der Waals surface area contributed by atoms with Gasteiger partial charge in [-0.1, -0.05) is 79.7 Å². The van der Waals surface area contributed by atoms with Crippen LogP contribution in [0.2, 0.25) is 18.6 Å². The van der Waals surface area contributed by atoms with Crippen LogP contribution in [0.1, 0.15) is 34.8 Å². The van der Waals surface area contributed by atoms with Crippen molar-refractivity contribution in [2.75, 3.05) is 23.0 Å². The molecule has 1 saturated heterocycles. The number of aliphatic hydroxyl groups excluding tert-OH is 1. The van der Waals surface area contributed by atoms with Crippen LogP contribution in [-0.2, 0) is 26.5 Å². The van der Waals surface area contributed by atoms with Gasteiger partial charge in [-0.3, -0.25) is 24.2 Å². The first kappa shape index (κ1) is 34.0. The first-order valence-electron chi connectivity index (χ1n) is 17.7. The number of carbonyl (C=O) groups excluding carboxylic acids is 3. The lowest BCUT2D eigenvalue weighted by atomic mass is 9.82. The minimum Gasteiger partial charge on any atom is -0.395 e. The zero-order valence-corrected chi connectivity index (χ0v) is 30.3. The van der Waals surface area contributed by atoms with Crippen molar-refractivity contribution >= 4 is 59.7 Å². The first-order valence-corrected chi connectivity index (χ1v) is 20.7. The lowest BCUT2D eigenvalue weighted by Gasteiger charge is -2.31. The summed E-state index contributed by atoms with van der Waals surface area (Å²) in [6.45, 7) is 5.23. The van der Waals surface area contributed by atoms with Crippen LogP contribution in [0.25, 0.3) is 10.8 Å². The molecule has 0 aliphatic carbocycles. The van der Waals surface area contributed by atoms with Gasteiger partial charge in [-0.2, -0.15) is 0 Å². The number of hydrogen-bond donors (Lipinski definition) is 1. The fourth-order valence-corrected chi connectivity index (χ4v) is 11.3. The Morgan fingerprint density at radius 3 is 2.25 bits per heavy atom. The normalized spacial score (nSPS) is 22.1. The van der Waals surface area contributed by atoms with Crippen molar-refractivity contribution in [3.63, 3.8) is 0 Å².